The van der Waals surface area contributed by atoms with Gasteiger partial charge in [0.15, 0.2) is 0 Å². The topological polar surface area (TPSA) is 72.7 Å². The summed E-state index contributed by atoms with van der Waals surface area (Å²) in [5, 5.41) is 6.94. The average molecular weight is 300 g/mol. The highest BCUT2D eigenvalue weighted by molar-refractivity contribution is 6.32. The van der Waals surface area contributed by atoms with Crippen LogP contribution < -0.4 is 5.32 Å². The highest BCUT2D eigenvalue weighted by Crippen LogP contribution is 2.15. The van der Waals surface area contributed by atoms with E-state index in [1.165, 1.54) is 6.07 Å². The van der Waals surface area contributed by atoms with Crippen LogP contribution in [0.4, 0.5) is 5.82 Å². The van der Waals surface area contributed by atoms with Crippen molar-refractivity contribution in [2.24, 2.45) is 0 Å². The molecule has 0 aliphatic heterocycles. The Kier molecular flexibility index (Phi) is 4.01. The molecule has 19 heavy (non-hydrogen) atoms. The lowest BCUT2D eigenvalue weighted by atomic mass is 10.3. The first-order valence-corrected chi connectivity index (χ1v) is 6.31. The summed E-state index contributed by atoms with van der Waals surface area (Å²) in [6, 6.07) is 3.12. The molecule has 0 unspecified atom stereocenters. The number of anilines is 1. The molecule has 0 radical (unpaired) electrons. The predicted molar refractivity (Wildman–Crippen MR) is 72.6 cm³/mol. The van der Waals surface area contributed by atoms with E-state index < -0.39 is 0 Å². The normalized spacial score (nSPS) is 10.5. The zero-order chi connectivity index (χ0) is 14.0. The van der Waals surface area contributed by atoms with Crippen molar-refractivity contribution in [2.75, 3.05) is 5.32 Å². The fraction of sp³-hybridized carbons (Fsp3) is 0.273. The van der Waals surface area contributed by atoms with Crippen LogP contribution in [-0.4, -0.2) is 25.7 Å². The first-order valence-electron chi connectivity index (χ1n) is 5.55. The van der Waals surface area contributed by atoms with Gasteiger partial charge in [-0.3, -0.25) is 9.48 Å². The van der Waals surface area contributed by atoms with Gasteiger partial charge in [0.25, 0.3) is 5.91 Å². The van der Waals surface area contributed by atoms with Crippen LogP contribution in [0.25, 0.3) is 0 Å². The Morgan fingerprint density at radius 2 is 2.11 bits per heavy atom. The average Bonchev–Trinajstić information content (AvgIpc) is 2.69. The molecule has 2 heterocycles. The number of aromatic nitrogens is 4. The zero-order valence-electron chi connectivity index (χ0n) is 10.3. The Morgan fingerprint density at radius 3 is 2.74 bits per heavy atom. The van der Waals surface area contributed by atoms with Gasteiger partial charge >= 0.3 is 0 Å². The highest BCUT2D eigenvalue weighted by atomic mass is 35.5. The van der Waals surface area contributed by atoms with Crippen LogP contribution in [-0.2, 0) is 6.54 Å². The Hall–Kier alpha value is -1.66. The molecule has 0 aliphatic carbocycles. The van der Waals surface area contributed by atoms with Crippen LogP contribution in [0.2, 0.25) is 10.4 Å². The van der Waals surface area contributed by atoms with Gasteiger partial charge in [-0.25, -0.2) is 9.97 Å². The highest BCUT2D eigenvalue weighted by Gasteiger charge is 2.14. The second kappa shape index (κ2) is 5.54. The van der Waals surface area contributed by atoms with Crippen molar-refractivity contribution in [3.05, 3.63) is 34.0 Å². The number of amides is 1. The maximum Gasteiger partial charge on any atom is 0.275 e. The SMILES string of the molecule is CCn1nc(C)cc1C(=O)Nc1cc(Cl)nc(Cl)n1. The lowest BCUT2D eigenvalue weighted by Crippen LogP contribution is -2.18. The fourth-order valence-corrected chi connectivity index (χ4v) is 2.01. The van der Waals surface area contributed by atoms with E-state index in [4.69, 9.17) is 23.2 Å². The third kappa shape index (κ3) is 3.21. The van der Waals surface area contributed by atoms with Gasteiger partial charge in [-0.05, 0) is 31.5 Å². The van der Waals surface area contributed by atoms with Gasteiger partial charge in [0.2, 0.25) is 5.28 Å². The molecular formula is C11H11Cl2N5O. The molecule has 0 saturated heterocycles. The Bertz CT molecular complexity index is 605. The third-order valence-electron chi connectivity index (χ3n) is 2.34. The number of aryl methyl sites for hydroxylation is 2. The Morgan fingerprint density at radius 1 is 1.37 bits per heavy atom. The largest absolute Gasteiger partial charge is 0.305 e. The van der Waals surface area contributed by atoms with Crippen LogP contribution in [0.3, 0.4) is 0 Å². The van der Waals surface area contributed by atoms with Crippen molar-refractivity contribution in [2.45, 2.75) is 20.4 Å². The van der Waals surface area contributed by atoms with Crippen LogP contribution in [0.1, 0.15) is 23.1 Å². The van der Waals surface area contributed by atoms with Crippen molar-refractivity contribution < 1.29 is 4.79 Å². The second-order valence-corrected chi connectivity index (χ2v) is 4.51. The molecule has 2 aromatic heterocycles. The third-order valence-corrected chi connectivity index (χ3v) is 2.71. The smallest absolute Gasteiger partial charge is 0.275 e. The van der Waals surface area contributed by atoms with E-state index >= 15 is 0 Å². The van der Waals surface area contributed by atoms with Gasteiger partial charge in [-0.2, -0.15) is 5.10 Å². The minimum Gasteiger partial charge on any atom is -0.305 e. The van der Waals surface area contributed by atoms with E-state index in [1.807, 2.05) is 13.8 Å². The number of nitrogens with zero attached hydrogens (tertiary/aromatic N) is 4. The molecule has 0 bridgehead atoms. The molecule has 2 rings (SSSR count). The molecule has 0 fully saturated rings. The summed E-state index contributed by atoms with van der Waals surface area (Å²) in [4.78, 5) is 19.7. The van der Waals surface area contributed by atoms with E-state index in [1.54, 1.807) is 10.7 Å². The summed E-state index contributed by atoms with van der Waals surface area (Å²) in [7, 11) is 0. The summed E-state index contributed by atoms with van der Waals surface area (Å²) in [6.45, 7) is 4.32. The Balaban J connectivity index is 2.25. The number of carbonyl (C=O) groups is 1. The number of nitrogens with one attached hydrogen (secondary N) is 1. The van der Waals surface area contributed by atoms with E-state index in [9.17, 15) is 4.79 Å². The fourth-order valence-electron chi connectivity index (χ4n) is 1.60. The van der Waals surface area contributed by atoms with Crippen LogP contribution in [0, 0.1) is 6.92 Å². The summed E-state index contributed by atoms with van der Waals surface area (Å²) in [5.74, 6) is -0.0789. The standard InChI is InChI=1S/C11H11Cl2N5O/c1-3-18-7(4-6(2)17-18)10(19)15-9-5-8(12)14-11(13)16-9/h4-5H,3H2,1-2H3,(H,14,15,16,19). The minimum absolute atomic E-state index is 0.0250. The molecule has 6 nitrogen and oxygen atoms in total. The number of hydrogen-bond acceptors (Lipinski definition) is 4. The van der Waals surface area contributed by atoms with E-state index in [2.05, 4.69) is 20.4 Å². The lowest BCUT2D eigenvalue weighted by molar-refractivity contribution is 0.101. The monoisotopic (exact) mass is 299 g/mol. The molecule has 0 spiro atoms. The minimum atomic E-state index is -0.326. The van der Waals surface area contributed by atoms with Gasteiger partial charge in [-0.1, -0.05) is 11.6 Å². The second-order valence-electron chi connectivity index (χ2n) is 3.79. The number of halogens is 2. The first-order chi connectivity index (χ1) is 8.99. The van der Waals surface area contributed by atoms with Crippen molar-refractivity contribution in [1.82, 2.24) is 19.7 Å². The lowest BCUT2D eigenvalue weighted by Gasteiger charge is -2.06. The molecular weight excluding hydrogens is 289 g/mol. The maximum absolute atomic E-state index is 12.1. The molecule has 1 amide bonds. The molecule has 0 atom stereocenters. The van der Waals surface area contributed by atoms with Crippen LogP contribution in [0.15, 0.2) is 12.1 Å². The number of carbonyl (C=O) groups excluding carboxylic acids is 1. The van der Waals surface area contributed by atoms with Gasteiger partial charge in [0.05, 0.1) is 5.69 Å². The van der Waals surface area contributed by atoms with Crippen molar-refractivity contribution in [3.8, 4) is 0 Å². The maximum atomic E-state index is 12.1. The number of rotatable bonds is 3. The van der Waals surface area contributed by atoms with Crippen molar-refractivity contribution >= 4 is 34.9 Å². The quantitative estimate of drug-likeness (QED) is 0.698. The van der Waals surface area contributed by atoms with E-state index in [0.29, 0.717) is 12.2 Å². The van der Waals surface area contributed by atoms with Crippen LogP contribution >= 0.6 is 23.2 Å². The number of hydrogen-bond donors (Lipinski definition) is 1. The van der Waals surface area contributed by atoms with Crippen LogP contribution in [0.5, 0.6) is 0 Å². The van der Waals surface area contributed by atoms with Crippen molar-refractivity contribution in [3.63, 3.8) is 0 Å². The van der Waals surface area contributed by atoms with Gasteiger partial charge < -0.3 is 5.32 Å². The van der Waals surface area contributed by atoms with E-state index in [0.717, 1.165) is 5.69 Å². The first kappa shape index (κ1) is 13.8. The van der Waals surface area contributed by atoms with Gasteiger partial charge in [0.1, 0.15) is 16.7 Å². The molecule has 0 aliphatic rings. The summed E-state index contributed by atoms with van der Waals surface area (Å²) < 4.78 is 1.61. The van der Waals surface area contributed by atoms with E-state index in [-0.39, 0.29) is 22.2 Å². The molecule has 0 saturated carbocycles. The predicted octanol–water partition coefficient (Wildman–Crippen LogP) is 2.56. The van der Waals surface area contributed by atoms with Crippen molar-refractivity contribution in [1.29, 1.82) is 0 Å². The summed E-state index contributed by atoms with van der Waals surface area (Å²) >= 11 is 11.4. The Labute approximate surface area is 119 Å². The molecule has 0 aromatic carbocycles. The summed E-state index contributed by atoms with van der Waals surface area (Å²) in [6.07, 6.45) is 0. The molecule has 100 valence electrons. The molecule has 1 N–H and O–H groups in total. The van der Waals surface area contributed by atoms with Gasteiger partial charge in [-0.15, -0.1) is 0 Å². The molecule has 8 heteroatoms. The summed E-state index contributed by atoms with van der Waals surface area (Å²) in [5.41, 5.74) is 1.22. The van der Waals surface area contributed by atoms with Gasteiger partial charge in [0, 0.05) is 12.6 Å². The zero-order valence-corrected chi connectivity index (χ0v) is 11.8. The molecule has 2 aromatic rings.